The number of carbonyl (C=O) groups excluding carboxylic acids is 1. The third kappa shape index (κ3) is 1.57. The van der Waals surface area contributed by atoms with Crippen LogP contribution in [0.1, 0.15) is 13.8 Å². The molecule has 4 nitrogen and oxygen atoms in total. The predicted octanol–water partition coefficient (Wildman–Crippen LogP) is 0.611. The molecular weight excluding hydrogens is 158 g/mol. The lowest BCUT2D eigenvalue weighted by atomic mass is 10.0. The maximum Gasteiger partial charge on any atom is 0.334 e. The Morgan fingerprint density at radius 1 is 1.67 bits per heavy atom. The summed E-state index contributed by atoms with van der Waals surface area (Å²) >= 11 is 0. The second-order valence-corrected chi connectivity index (χ2v) is 3.07. The van der Waals surface area contributed by atoms with Gasteiger partial charge in [0.25, 0.3) is 0 Å². The van der Waals surface area contributed by atoms with Gasteiger partial charge in [0, 0.05) is 0 Å². The Hall–Kier alpha value is -1.06. The van der Waals surface area contributed by atoms with Gasteiger partial charge in [0.05, 0.1) is 7.11 Å². The molecule has 0 saturated heterocycles. The Kier molecular flexibility index (Phi) is 2.68. The van der Waals surface area contributed by atoms with E-state index < -0.39 is 6.04 Å². The van der Waals surface area contributed by atoms with Crippen LogP contribution in [0.2, 0.25) is 0 Å². The van der Waals surface area contributed by atoms with Crippen LogP contribution in [-0.2, 0) is 14.3 Å². The van der Waals surface area contributed by atoms with E-state index >= 15 is 0 Å². The molecule has 2 atom stereocenters. The van der Waals surface area contributed by atoms with E-state index in [-0.39, 0.29) is 18.0 Å². The van der Waals surface area contributed by atoms with Gasteiger partial charge in [0.15, 0.2) is 12.4 Å². The van der Waals surface area contributed by atoms with Crippen molar-refractivity contribution in [2.45, 2.75) is 26.0 Å². The van der Waals surface area contributed by atoms with E-state index in [1.807, 2.05) is 13.8 Å². The second-order valence-electron chi connectivity index (χ2n) is 3.07. The molecule has 0 aromatic rings. The van der Waals surface area contributed by atoms with Gasteiger partial charge in [0.1, 0.15) is 6.10 Å². The van der Waals surface area contributed by atoms with Gasteiger partial charge in [-0.05, 0) is 5.92 Å². The summed E-state index contributed by atoms with van der Waals surface area (Å²) in [5.41, 5.74) is 0. The highest BCUT2D eigenvalue weighted by Crippen LogP contribution is 2.18. The Morgan fingerprint density at radius 2 is 2.33 bits per heavy atom. The quantitative estimate of drug-likeness (QED) is 0.572. The lowest BCUT2D eigenvalue weighted by molar-refractivity contribution is -0.144. The number of esters is 1. The molecule has 0 saturated carbocycles. The molecule has 0 radical (unpaired) electrons. The van der Waals surface area contributed by atoms with E-state index in [0.717, 1.165) is 0 Å². The smallest absolute Gasteiger partial charge is 0.334 e. The van der Waals surface area contributed by atoms with E-state index in [1.165, 1.54) is 13.5 Å². The highest BCUT2D eigenvalue weighted by Gasteiger charge is 2.35. The SMILES string of the molecule is COC(=O)[C@@H]1N=COC1C(C)C. The average molecular weight is 171 g/mol. The first-order chi connectivity index (χ1) is 5.66. The van der Waals surface area contributed by atoms with Crippen molar-refractivity contribution in [1.29, 1.82) is 0 Å². The van der Waals surface area contributed by atoms with Crippen LogP contribution in [0.25, 0.3) is 0 Å². The standard InChI is InChI=1S/C8H13NO3/c1-5(2)7-6(8(10)11-3)9-4-12-7/h4-7H,1-3H3/t6-,7?/m1/s1. The molecule has 12 heavy (non-hydrogen) atoms. The highest BCUT2D eigenvalue weighted by molar-refractivity contribution is 5.79. The van der Waals surface area contributed by atoms with Crippen LogP contribution < -0.4 is 0 Å². The summed E-state index contributed by atoms with van der Waals surface area (Å²) in [5.74, 6) is -0.0703. The first kappa shape index (κ1) is 9.03. The van der Waals surface area contributed by atoms with Crippen LogP contribution in [0, 0.1) is 5.92 Å². The normalized spacial score (nSPS) is 27.3. The largest absolute Gasteiger partial charge is 0.477 e. The van der Waals surface area contributed by atoms with Crippen molar-refractivity contribution in [2.24, 2.45) is 10.9 Å². The highest BCUT2D eigenvalue weighted by atomic mass is 16.5. The lowest BCUT2D eigenvalue weighted by Crippen LogP contribution is -2.34. The number of carbonyl (C=O) groups is 1. The van der Waals surface area contributed by atoms with Crippen LogP contribution in [0.15, 0.2) is 4.99 Å². The molecule has 0 amide bonds. The summed E-state index contributed by atoms with van der Waals surface area (Å²) in [6, 6.07) is -0.477. The molecule has 0 N–H and O–H groups in total. The fourth-order valence-corrected chi connectivity index (χ4v) is 1.17. The van der Waals surface area contributed by atoms with Crippen molar-refractivity contribution in [1.82, 2.24) is 0 Å². The third-order valence-corrected chi connectivity index (χ3v) is 1.85. The molecule has 0 aliphatic carbocycles. The first-order valence-electron chi connectivity index (χ1n) is 3.91. The number of nitrogens with zero attached hydrogens (tertiary/aromatic N) is 1. The monoisotopic (exact) mass is 171 g/mol. The summed E-state index contributed by atoms with van der Waals surface area (Å²) in [6.07, 6.45) is 1.16. The summed E-state index contributed by atoms with van der Waals surface area (Å²) in [7, 11) is 1.35. The zero-order chi connectivity index (χ0) is 9.14. The molecule has 1 aliphatic heterocycles. The molecule has 1 rings (SSSR count). The second kappa shape index (κ2) is 3.56. The predicted molar refractivity (Wildman–Crippen MR) is 44.0 cm³/mol. The minimum atomic E-state index is -0.477. The van der Waals surface area contributed by atoms with Crippen molar-refractivity contribution < 1.29 is 14.3 Å². The zero-order valence-electron chi connectivity index (χ0n) is 7.48. The molecule has 1 heterocycles. The fourth-order valence-electron chi connectivity index (χ4n) is 1.17. The number of hydrogen-bond donors (Lipinski definition) is 0. The Labute approximate surface area is 71.6 Å². The number of hydrogen-bond acceptors (Lipinski definition) is 4. The van der Waals surface area contributed by atoms with Crippen molar-refractivity contribution in [3.05, 3.63) is 0 Å². The number of rotatable bonds is 2. The van der Waals surface area contributed by atoms with Gasteiger partial charge in [-0.2, -0.15) is 0 Å². The van der Waals surface area contributed by atoms with Gasteiger partial charge < -0.3 is 9.47 Å². The number of ether oxygens (including phenoxy) is 2. The van der Waals surface area contributed by atoms with Crippen molar-refractivity contribution in [3.63, 3.8) is 0 Å². The third-order valence-electron chi connectivity index (χ3n) is 1.85. The van der Waals surface area contributed by atoms with Gasteiger partial charge in [-0.15, -0.1) is 0 Å². The van der Waals surface area contributed by atoms with E-state index in [4.69, 9.17) is 4.74 Å². The number of methoxy groups -OCH3 is 1. The van der Waals surface area contributed by atoms with Crippen LogP contribution in [-0.4, -0.2) is 31.6 Å². The van der Waals surface area contributed by atoms with Crippen LogP contribution in [0.5, 0.6) is 0 Å². The Morgan fingerprint density at radius 3 is 2.83 bits per heavy atom. The summed E-state index contributed by atoms with van der Waals surface area (Å²) < 4.78 is 9.74. The summed E-state index contributed by atoms with van der Waals surface area (Å²) in [5, 5.41) is 0. The Balaban J connectivity index is 2.62. The molecule has 0 bridgehead atoms. The van der Waals surface area contributed by atoms with E-state index in [0.29, 0.717) is 0 Å². The van der Waals surface area contributed by atoms with Crippen LogP contribution in [0.4, 0.5) is 0 Å². The molecular formula is C8H13NO3. The van der Waals surface area contributed by atoms with Crippen molar-refractivity contribution in [3.8, 4) is 0 Å². The zero-order valence-corrected chi connectivity index (χ0v) is 7.48. The average Bonchev–Trinajstić information content (AvgIpc) is 2.50. The molecule has 0 aromatic carbocycles. The molecule has 68 valence electrons. The Bertz CT molecular complexity index is 200. The van der Waals surface area contributed by atoms with Gasteiger partial charge >= 0.3 is 5.97 Å². The van der Waals surface area contributed by atoms with Crippen LogP contribution >= 0.6 is 0 Å². The maximum absolute atomic E-state index is 11.1. The minimum absolute atomic E-state index is 0.169. The topological polar surface area (TPSA) is 47.9 Å². The molecule has 0 aromatic heterocycles. The summed E-state index contributed by atoms with van der Waals surface area (Å²) in [4.78, 5) is 15.0. The molecule has 0 fully saturated rings. The fraction of sp³-hybridized carbons (Fsp3) is 0.750. The molecule has 1 aliphatic rings. The van der Waals surface area contributed by atoms with Gasteiger partial charge in [-0.25, -0.2) is 9.79 Å². The molecule has 4 heteroatoms. The van der Waals surface area contributed by atoms with Crippen molar-refractivity contribution >= 4 is 12.4 Å². The molecule has 1 unspecified atom stereocenters. The maximum atomic E-state index is 11.1. The van der Waals surface area contributed by atoms with Crippen molar-refractivity contribution in [2.75, 3.05) is 7.11 Å². The van der Waals surface area contributed by atoms with E-state index in [9.17, 15) is 4.79 Å². The lowest BCUT2D eigenvalue weighted by Gasteiger charge is -2.18. The van der Waals surface area contributed by atoms with Gasteiger partial charge in [0.2, 0.25) is 0 Å². The van der Waals surface area contributed by atoms with Gasteiger partial charge in [-0.1, -0.05) is 13.8 Å². The summed E-state index contributed by atoms with van der Waals surface area (Å²) in [6.45, 7) is 3.96. The van der Waals surface area contributed by atoms with Gasteiger partial charge in [-0.3, -0.25) is 0 Å². The van der Waals surface area contributed by atoms with E-state index in [2.05, 4.69) is 9.73 Å². The molecule has 0 spiro atoms. The van der Waals surface area contributed by atoms with E-state index in [1.54, 1.807) is 0 Å². The minimum Gasteiger partial charge on any atom is -0.477 e. The first-order valence-corrected chi connectivity index (χ1v) is 3.91. The van der Waals surface area contributed by atoms with Crippen LogP contribution in [0.3, 0.4) is 0 Å². The number of aliphatic imine (C=N–C) groups is 1.